The minimum absolute atomic E-state index is 0.251. The van der Waals surface area contributed by atoms with Crippen molar-refractivity contribution in [3.63, 3.8) is 0 Å². The molecule has 0 saturated carbocycles. The molecule has 0 aliphatic heterocycles. The second kappa shape index (κ2) is 16.0. The van der Waals surface area contributed by atoms with E-state index >= 15 is 0 Å². The molecule has 8 heteroatoms. The number of hydrogen-bond donors (Lipinski definition) is 0. The van der Waals surface area contributed by atoms with Crippen molar-refractivity contribution in [2.45, 2.75) is 91.0 Å². The van der Waals surface area contributed by atoms with Gasteiger partial charge in [-0.25, -0.2) is 4.79 Å². The summed E-state index contributed by atoms with van der Waals surface area (Å²) in [7, 11) is 0. The molecule has 5 nitrogen and oxygen atoms in total. The fraction of sp³-hybridized carbons (Fsp3) is 0.552. The molecule has 0 heterocycles. The van der Waals surface area contributed by atoms with Crippen molar-refractivity contribution < 1.29 is 36.9 Å². The predicted molar refractivity (Wildman–Crippen MR) is 138 cm³/mol. The molecular weight excluding hydrogens is 485 g/mol. The maximum atomic E-state index is 12.7. The highest BCUT2D eigenvalue weighted by Gasteiger charge is 2.31. The molecule has 1 atom stereocenters. The number of rotatable bonds is 17. The minimum atomic E-state index is -4.75. The molecule has 0 spiro atoms. The van der Waals surface area contributed by atoms with Crippen LogP contribution in [0, 0.1) is 0 Å². The molecule has 0 aromatic heterocycles. The van der Waals surface area contributed by atoms with Gasteiger partial charge in [0.2, 0.25) is 0 Å². The zero-order valence-electron chi connectivity index (χ0n) is 22.1. The first-order valence-electron chi connectivity index (χ1n) is 13.2. The lowest BCUT2D eigenvalue weighted by Crippen LogP contribution is -2.29. The largest absolute Gasteiger partial charge is 0.573 e. The normalized spacial score (nSPS) is 12.2. The van der Waals surface area contributed by atoms with Crippen LogP contribution in [0.4, 0.5) is 13.2 Å². The molecule has 0 aliphatic carbocycles. The molecule has 2 aromatic carbocycles. The van der Waals surface area contributed by atoms with Crippen molar-refractivity contribution in [1.29, 1.82) is 0 Å². The van der Waals surface area contributed by atoms with E-state index in [4.69, 9.17) is 14.2 Å². The van der Waals surface area contributed by atoms with Crippen molar-refractivity contribution in [3.05, 3.63) is 42.5 Å². The molecule has 37 heavy (non-hydrogen) atoms. The topological polar surface area (TPSA) is 54.0 Å². The molecule has 2 aromatic rings. The van der Waals surface area contributed by atoms with Gasteiger partial charge in [0.05, 0.1) is 13.2 Å². The summed E-state index contributed by atoms with van der Waals surface area (Å²) in [6, 6.07) is 10.9. The zero-order valence-corrected chi connectivity index (χ0v) is 22.1. The summed E-state index contributed by atoms with van der Waals surface area (Å²) in [6.45, 7) is 6.78. The fourth-order valence-electron chi connectivity index (χ4n) is 3.83. The van der Waals surface area contributed by atoms with Crippen LogP contribution in [-0.2, 0) is 9.53 Å². The van der Waals surface area contributed by atoms with Gasteiger partial charge in [0.25, 0.3) is 0 Å². The van der Waals surface area contributed by atoms with Gasteiger partial charge in [-0.1, -0.05) is 70.6 Å². The summed E-state index contributed by atoms with van der Waals surface area (Å²) in [6.07, 6.45) is 3.15. The van der Waals surface area contributed by atoms with Crippen molar-refractivity contribution >= 4 is 5.97 Å². The van der Waals surface area contributed by atoms with Crippen LogP contribution in [0.25, 0.3) is 11.1 Å². The van der Waals surface area contributed by atoms with Gasteiger partial charge in [0.15, 0.2) is 17.6 Å². The number of benzene rings is 2. The second-order valence-electron chi connectivity index (χ2n) is 8.85. The first kappa shape index (κ1) is 30.3. The van der Waals surface area contributed by atoms with Gasteiger partial charge >= 0.3 is 12.3 Å². The Bertz CT molecular complexity index is 928. The van der Waals surface area contributed by atoms with Gasteiger partial charge < -0.3 is 18.9 Å². The second-order valence-corrected chi connectivity index (χ2v) is 8.85. The first-order valence-corrected chi connectivity index (χ1v) is 13.2. The summed E-state index contributed by atoms with van der Waals surface area (Å²) in [4.78, 5) is 12.7. The van der Waals surface area contributed by atoms with Crippen LogP contribution in [0.5, 0.6) is 17.2 Å². The number of esters is 1. The molecule has 0 N–H and O–H groups in total. The van der Waals surface area contributed by atoms with Crippen LogP contribution >= 0.6 is 0 Å². The zero-order chi connectivity index (χ0) is 27.1. The quantitative estimate of drug-likeness (QED) is 0.153. The van der Waals surface area contributed by atoms with Gasteiger partial charge in [0.1, 0.15) is 5.75 Å². The summed E-state index contributed by atoms with van der Waals surface area (Å²) < 4.78 is 59.0. The van der Waals surface area contributed by atoms with E-state index in [-0.39, 0.29) is 12.4 Å². The summed E-state index contributed by atoms with van der Waals surface area (Å²) >= 11 is 0. The van der Waals surface area contributed by atoms with Crippen molar-refractivity contribution in [2.24, 2.45) is 0 Å². The summed E-state index contributed by atoms with van der Waals surface area (Å²) in [5.74, 6) is 0.193. The summed E-state index contributed by atoms with van der Waals surface area (Å²) in [5, 5.41) is 0. The van der Waals surface area contributed by atoms with Crippen LogP contribution in [-0.4, -0.2) is 31.6 Å². The molecule has 0 saturated heterocycles. The highest BCUT2D eigenvalue weighted by Crippen LogP contribution is 2.35. The van der Waals surface area contributed by atoms with E-state index in [1.807, 2.05) is 6.07 Å². The van der Waals surface area contributed by atoms with Gasteiger partial charge in [0, 0.05) is 0 Å². The van der Waals surface area contributed by atoms with E-state index in [2.05, 4.69) is 18.6 Å². The number of halogens is 3. The standard InChI is InChI=1S/C29H39F3O5/c1-4-7-9-11-13-26(28(33)34-6-3)36-27-21-23(16-19-25(27)35-20-12-10-8-5-2)22-14-17-24(18-15-22)37-29(30,31)32/h14-19,21,26H,4-13,20H2,1-3H3. The average molecular weight is 525 g/mol. The maximum Gasteiger partial charge on any atom is 0.573 e. The SMILES string of the molecule is CCCCCCOc1ccc(-c2ccc(OC(F)(F)F)cc2)cc1OC(CCCCCC)C(=O)OCC. The third kappa shape index (κ3) is 11.4. The van der Waals surface area contributed by atoms with Crippen LogP contribution < -0.4 is 14.2 Å². The third-order valence-corrected chi connectivity index (χ3v) is 5.76. The van der Waals surface area contributed by atoms with E-state index in [1.165, 1.54) is 12.1 Å². The molecule has 0 bridgehead atoms. The molecule has 0 aliphatic rings. The van der Waals surface area contributed by atoms with Gasteiger partial charge in [-0.05, 0) is 61.6 Å². The lowest BCUT2D eigenvalue weighted by Gasteiger charge is -2.21. The lowest BCUT2D eigenvalue weighted by molar-refractivity contribution is -0.274. The molecular formula is C29H39F3O5. The Balaban J connectivity index is 2.28. The number of unbranched alkanes of at least 4 members (excludes halogenated alkanes) is 6. The molecule has 0 radical (unpaired) electrons. The first-order chi connectivity index (χ1) is 17.8. The molecule has 206 valence electrons. The number of alkyl halides is 3. The van der Waals surface area contributed by atoms with Crippen molar-refractivity contribution in [2.75, 3.05) is 13.2 Å². The van der Waals surface area contributed by atoms with Gasteiger partial charge in [-0.15, -0.1) is 13.2 Å². The van der Waals surface area contributed by atoms with Gasteiger partial charge in [-0.2, -0.15) is 0 Å². The average Bonchev–Trinajstić information content (AvgIpc) is 2.86. The Labute approximate surface area is 218 Å². The van der Waals surface area contributed by atoms with Crippen LogP contribution in [0.1, 0.15) is 78.6 Å². The number of carbonyl (C=O) groups is 1. The monoisotopic (exact) mass is 524 g/mol. The Hall–Kier alpha value is -2.90. The lowest BCUT2D eigenvalue weighted by atomic mass is 10.0. The van der Waals surface area contributed by atoms with Crippen LogP contribution in [0.3, 0.4) is 0 Å². The molecule has 1 unspecified atom stereocenters. The Morgan fingerprint density at radius 1 is 0.811 bits per heavy atom. The van der Waals surface area contributed by atoms with Crippen LogP contribution in [0.15, 0.2) is 42.5 Å². The van der Waals surface area contributed by atoms with E-state index in [1.54, 1.807) is 31.2 Å². The fourth-order valence-corrected chi connectivity index (χ4v) is 3.83. The third-order valence-electron chi connectivity index (χ3n) is 5.76. The smallest absolute Gasteiger partial charge is 0.490 e. The minimum Gasteiger partial charge on any atom is -0.490 e. The van der Waals surface area contributed by atoms with Crippen LogP contribution in [0.2, 0.25) is 0 Å². The van der Waals surface area contributed by atoms with E-state index in [9.17, 15) is 18.0 Å². The molecule has 0 fully saturated rings. The molecule has 2 rings (SSSR count). The number of hydrogen-bond acceptors (Lipinski definition) is 5. The Kier molecular flexibility index (Phi) is 13.2. The Morgan fingerprint density at radius 3 is 2.08 bits per heavy atom. The number of ether oxygens (including phenoxy) is 4. The predicted octanol–water partition coefficient (Wildman–Crippen LogP) is 8.49. The summed E-state index contributed by atoms with van der Waals surface area (Å²) in [5.41, 5.74) is 1.38. The highest BCUT2D eigenvalue weighted by atomic mass is 19.4. The van der Waals surface area contributed by atoms with Crippen molar-refractivity contribution in [3.8, 4) is 28.4 Å². The van der Waals surface area contributed by atoms with Gasteiger partial charge in [-0.3, -0.25) is 0 Å². The molecule has 0 amide bonds. The maximum absolute atomic E-state index is 12.7. The van der Waals surface area contributed by atoms with E-state index in [0.29, 0.717) is 35.7 Å². The highest BCUT2D eigenvalue weighted by molar-refractivity contribution is 5.75. The van der Waals surface area contributed by atoms with E-state index in [0.717, 1.165) is 51.4 Å². The van der Waals surface area contributed by atoms with E-state index < -0.39 is 18.4 Å². The van der Waals surface area contributed by atoms with Crippen molar-refractivity contribution in [1.82, 2.24) is 0 Å². The Morgan fingerprint density at radius 2 is 1.46 bits per heavy atom. The number of carbonyl (C=O) groups excluding carboxylic acids is 1.